The van der Waals surface area contributed by atoms with Crippen LogP contribution in [0.4, 0.5) is 5.69 Å². The fourth-order valence-corrected chi connectivity index (χ4v) is 3.19. The number of esters is 1. The molecular formula is C25H21NO7. The zero-order valence-corrected chi connectivity index (χ0v) is 17.8. The molecular weight excluding hydrogens is 426 g/mol. The van der Waals surface area contributed by atoms with E-state index in [2.05, 4.69) is 5.32 Å². The van der Waals surface area contributed by atoms with Gasteiger partial charge in [-0.15, -0.1) is 0 Å². The Hall–Kier alpha value is -4.33. The van der Waals surface area contributed by atoms with Gasteiger partial charge in [0.25, 0.3) is 5.91 Å². The lowest BCUT2D eigenvalue weighted by atomic mass is 10.1. The van der Waals surface area contributed by atoms with Crippen molar-refractivity contribution in [3.8, 4) is 17.2 Å². The molecule has 33 heavy (non-hydrogen) atoms. The van der Waals surface area contributed by atoms with E-state index in [9.17, 15) is 14.4 Å². The highest BCUT2D eigenvalue weighted by Gasteiger charge is 2.21. The number of hydrogen-bond donors (Lipinski definition) is 1. The predicted molar refractivity (Wildman–Crippen MR) is 119 cm³/mol. The van der Waals surface area contributed by atoms with E-state index in [0.29, 0.717) is 23.9 Å². The Kier molecular flexibility index (Phi) is 6.54. The van der Waals surface area contributed by atoms with Gasteiger partial charge in [0.1, 0.15) is 12.4 Å². The fraction of sp³-hybridized carbons (Fsp3) is 0.160. The minimum atomic E-state index is -0.673. The number of nitrogens with one attached hydrogen (secondary N) is 1. The fourth-order valence-electron chi connectivity index (χ4n) is 3.19. The zero-order chi connectivity index (χ0) is 23.2. The van der Waals surface area contributed by atoms with Crippen LogP contribution >= 0.6 is 0 Å². The maximum absolute atomic E-state index is 12.4. The van der Waals surface area contributed by atoms with E-state index in [1.807, 2.05) is 30.3 Å². The van der Waals surface area contributed by atoms with Crippen molar-refractivity contribution in [2.75, 3.05) is 18.7 Å². The van der Waals surface area contributed by atoms with Crippen molar-refractivity contribution in [2.45, 2.75) is 13.5 Å². The zero-order valence-electron chi connectivity index (χ0n) is 17.8. The molecule has 0 unspecified atom stereocenters. The van der Waals surface area contributed by atoms with Crippen LogP contribution < -0.4 is 19.5 Å². The molecule has 0 saturated heterocycles. The van der Waals surface area contributed by atoms with Crippen molar-refractivity contribution < 1.29 is 33.3 Å². The number of amides is 1. The minimum absolute atomic E-state index is 0.0375. The molecule has 1 aliphatic rings. The number of ketones is 1. The first-order valence-corrected chi connectivity index (χ1v) is 10.2. The van der Waals surface area contributed by atoms with Gasteiger partial charge in [0.15, 0.2) is 23.9 Å². The minimum Gasteiger partial charge on any atom is -0.489 e. The SMILES string of the molecule is CC(=O)c1cc2c(cc1NC(=O)COC(=O)c1cccc(OCc3ccccc3)c1)OCO2. The molecule has 0 radical (unpaired) electrons. The Morgan fingerprint density at radius 2 is 1.70 bits per heavy atom. The molecule has 0 atom stereocenters. The average molecular weight is 447 g/mol. The van der Waals surface area contributed by atoms with Crippen molar-refractivity contribution in [1.29, 1.82) is 0 Å². The predicted octanol–water partition coefficient (Wildman–Crippen LogP) is 3.99. The highest BCUT2D eigenvalue weighted by molar-refractivity contribution is 6.05. The first-order valence-electron chi connectivity index (χ1n) is 10.2. The molecule has 0 aliphatic carbocycles. The molecule has 1 amide bonds. The Balaban J connectivity index is 1.34. The standard InChI is InChI=1S/C25H21NO7/c1-16(27)20-11-22-23(33-15-32-22)12-21(20)26-24(28)14-31-25(29)18-8-5-9-19(10-18)30-13-17-6-3-2-4-7-17/h2-12H,13-15H2,1H3,(H,26,28). The third-order valence-corrected chi connectivity index (χ3v) is 4.82. The number of carbonyl (C=O) groups excluding carboxylic acids is 3. The van der Waals surface area contributed by atoms with Crippen LogP contribution in [0.2, 0.25) is 0 Å². The summed E-state index contributed by atoms with van der Waals surface area (Å²) in [4.78, 5) is 36.7. The van der Waals surface area contributed by atoms with Crippen molar-refractivity contribution in [2.24, 2.45) is 0 Å². The van der Waals surface area contributed by atoms with E-state index in [-0.39, 0.29) is 29.4 Å². The van der Waals surface area contributed by atoms with Gasteiger partial charge in [0, 0.05) is 11.6 Å². The molecule has 8 nitrogen and oxygen atoms in total. The Bertz CT molecular complexity index is 1190. The summed E-state index contributed by atoms with van der Waals surface area (Å²) in [6, 6.07) is 19.2. The van der Waals surface area contributed by atoms with Crippen LogP contribution in [0.25, 0.3) is 0 Å². The van der Waals surface area contributed by atoms with Crippen LogP contribution in [0.15, 0.2) is 66.7 Å². The molecule has 0 fully saturated rings. The number of carbonyl (C=O) groups is 3. The number of ether oxygens (including phenoxy) is 4. The summed E-state index contributed by atoms with van der Waals surface area (Å²) >= 11 is 0. The van der Waals surface area contributed by atoms with Crippen LogP contribution in [-0.2, 0) is 16.1 Å². The molecule has 0 bridgehead atoms. The summed E-state index contributed by atoms with van der Waals surface area (Å²) < 4.78 is 21.4. The van der Waals surface area contributed by atoms with Crippen LogP contribution in [0.1, 0.15) is 33.2 Å². The Labute approximate surface area is 190 Å². The smallest absolute Gasteiger partial charge is 0.338 e. The number of Topliss-reactive ketones (excluding diaryl/α,β-unsaturated/α-hetero) is 1. The highest BCUT2D eigenvalue weighted by atomic mass is 16.7. The van der Waals surface area contributed by atoms with Gasteiger partial charge in [-0.3, -0.25) is 9.59 Å². The summed E-state index contributed by atoms with van der Waals surface area (Å²) in [5.41, 5.74) is 1.77. The van der Waals surface area contributed by atoms with Gasteiger partial charge in [-0.25, -0.2) is 4.79 Å². The van der Waals surface area contributed by atoms with E-state index >= 15 is 0 Å². The van der Waals surface area contributed by atoms with Gasteiger partial charge in [0.2, 0.25) is 6.79 Å². The summed E-state index contributed by atoms with van der Waals surface area (Å²) in [7, 11) is 0. The number of rotatable bonds is 8. The maximum Gasteiger partial charge on any atom is 0.338 e. The second kappa shape index (κ2) is 9.86. The lowest BCUT2D eigenvalue weighted by Crippen LogP contribution is -2.22. The van der Waals surface area contributed by atoms with Gasteiger partial charge in [-0.05, 0) is 36.8 Å². The molecule has 1 aliphatic heterocycles. The first kappa shape index (κ1) is 21.9. The van der Waals surface area contributed by atoms with Crippen LogP contribution in [0.3, 0.4) is 0 Å². The quantitative estimate of drug-likeness (QED) is 0.412. The number of anilines is 1. The molecule has 0 aromatic heterocycles. The Morgan fingerprint density at radius 1 is 0.939 bits per heavy atom. The molecule has 168 valence electrons. The van der Waals surface area contributed by atoms with Crippen molar-refractivity contribution in [3.63, 3.8) is 0 Å². The van der Waals surface area contributed by atoms with Crippen molar-refractivity contribution >= 4 is 23.3 Å². The lowest BCUT2D eigenvalue weighted by molar-refractivity contribution is -0.119. The number of hydrogen-bond acceptors (Lipinski definition) is 7. The molecule has 1 N–H and O–H groups in total. The van der Waals surface area contributed by atoms with Crippen LogP contribution in [0.5, 0.6) is 17.2 Å². The van der Waals surface area contributed by atoms with E-state index in [1.54, 1.807) is 24.3 Å². The molecule has 4 rings (SSSR count). The summed E-state index contributed by atoms with van der Waals surface area (Å²) in [5, 5.41) is 2.58. The monoisotopic (exact) mass is 447 g/mol. The number of fused-ring (bicyclic) bond motifs is 1. The first-order chi connectivity index (χ1) is 16.0. The number of benzene rings is 3. The van der Waals surface area contributed by atoms with Gasteiger partial charge < -0.3 is 24.3 Å². The van der Waals surface area contributed by atoms with Gasteiger partial charge >= 0.3 is 5.97 Å². The molecule has 1 heterocycles. The largest absolute Gasteiger partial charge is 0.489 e. The van der Waals surface area contributed by atoms with Crippen molar-refractivity contribution in [3.05, 3.63) is 83.4 Å². The van der Waals surface area contributed by atoms with Crippen LogP contribution in [-0.4, -0.2) is 31.1 Å². The second-order valence-electron chi connectivity index (χ2n) is 7.23. The summed E-state index contributed by atoms with van der Waals surface area (Å²) in [5.74, 6) is -0.176. The van der Waals surface area contributed by atoms with Gasteiger partial charge in [-0.1, -0.05) is 36.4 Å². The molecule has 3 aromatic carbocycles. The highest BCUT2D eigenvalue weighted by Crippen LogP contribution is 2.37. The third kappa shape index (κ3) is 5.48. The molecule has 0 spiro atoms. The van der Waals surface area contributed by atoms with Crippen LogP contribution in [0, 0.1) is 0 Å². The van der Waals surface area contributed by atoms with E-state index < -0.39 is 18.5 Å². The lowest BCUT2D eigenvalue weighted by Gasteiger charge is -2.11. The molecule has 3 aromatic rings. The normalized spacial score (nSPS) is 11.5. The molecule has 8 heteroatoms. The maximum atomic E-state index is 12.4. The van der Waals surface area contributed by atoms with Crippen molar-refractivity contribution in [1.82, 2.24) is 0 Å². The topological polar surface area (TPSA) is 100 Å². The second-order valence-corrected chi connectivity index (χ2v) is 7.23. The van der Waals surface area contributed by atoms with Gasteiger partial charge in [0.05, 0.1) is 11.3 Å². The summed E-state index contributed by atoms with van der Waals surface area (Å²) in [6.45, 7) is 1.24. The van der Waals surface area contributed by atoms with E-state index in [4.69, 9.17) is 18.9 Å². The van der Waals surface area contributed by atoms with E-state index in [0.717, 1.165) is 5.56 Å². The average Bonchev–Trinajstić information content (AvgIpc) is 3.29. The molecule has 0 saturated carbocycles. The Morgan fingerprint density at radius 3 is 2.45 bits per heavy atom. The van der Waals surface area contributed by atoms with Gasteiger partial charge in [-0.2, -0.15) is 0 Å². The summed E-state index contributed by atoms with van der Waals surface area (Å²) in [6.07, 6.45) is 0. The van der Waals surface area contributed by atoms with E-state index in [1.165, 1.54) is 19.1 Å². The third-order valence-electron chi connectivity index (χ3n) is 4.82.